The second-order valence-electron chi connectivity index (χ2n) is 11.9. The zero-order valence-electron chi connectivity index (χ0n) is 29.3. The first-order valence-corrected chi connectivity index (χ1v) is 18.1. The molecule has 0 spiro atoms. The molecule has 2 aromatic carbocycles. The van der Waals surface area contributed by atoms with Crippen LogP contribution in [-0.2, 0) is 47.2 Å². The first kappa shape index (κ1) is 38.6. The summed E-state index contributed by atoms with van der Waals surface area (Å²) < 4.78 is 64.7. The van der Waals surface area contributed by atoms with Crippen LogP contribution in [0.25, 0.3) is 0 Å². The predicted octanol–water partition coefficient (Wildman–Crippen LogP) is 3.14. The molecule has 0 fully saturated rings. The van der Waals surface area contributed by atoms with E-state index in [1.165, 1.54) is 15.1 Å². The molecule has 4 rings (SSSR count). The number of aryl methyl sites for hydroxylation is 2. The molecule has 0 aliphatic rings. The number of hydrogen-bond acceptors (Lipinski definition) is 10. The molecule has 264 valence electrons. The van der Waals surface area contributed by atoms with E-state index in [1.807, 2.05) is 100 Å². The largest absolute Gasteiger partial charge is 0.497 e. The van der Waals surface area contributed by atoms with Gasteiger partial charge in [0.2, 0.25) is 0 Å². The third kappa shape index (κ3) is 9.64. The quantitative estimate of drug-likeness (QED) is 0.219. The van der Waals surface area contributed by atoms with Crippen LogP contribution in [0.2, 0.25) is 0 Å². The van der Waals surface area contributed by atoms with Crippen LogP contribution in [0.3, 0.4) is 0 Å². The summed E-state index contributed by atoms with van der Waals surface area (Å²) in [5.41, 5.74) is 3.34. The molecule has 16 heteroatoms. The summed E-state index contributed by atoms with van der Waals surface area (Å²) in [5.74, 6) is 1.44. The average molecular weight is 705 g/mol. The van der Waals surface area contributed by atoms with Crippen molar-refractivity contribution in [2.75, 3.05) is 42.4 Å². The van der Waals surface area contributed by atoms with Crippen molar-refractivity contribution >= 4 is 20.0 Å². The van der Waals surface area contributed by atoms with Crippen molar-refractivity contribution in [3.63, 3.8) is 0 Å². The van der Waals surface area contributed by atoms with E-state index in [-0.39, 0.29) is 35.2 Å². The van der Waals surface area contributed by atoms with Crippen LogP contribution in [0.5, 0.6) is 11.5 Å². The Morgan fingerprint density at radius 1 is 0.688 bits per heavy atom. The molecule has 4 aromatic rings. The number of hydrogen-bond donors (Lipinski definition) is 1. The van der Waals surface area contributed by atoms with Gasteiger partial charge in [0.15, 0.2) is 10.1 Å². The Kier molecular flexibility index (Phi) is 12.9. The summed E-state index contributed by atoms with van der Waals surface area (Å²) in [6.07, 6.45) is 0. The third-order valence-electron chi connectivity index (χ3n) is 8.12. The van der Waals surface area contributed by atoms with Crippen molar-refractivity contribution < 1.29 is 26.3 Å². The fourth-order valence-electron chi connectivity index (χ4n) is 4.71. The van der Waals surface area contributed by atoms with Gasteiger partial charge in [0.05, 0.1) is 25.6 Å². The lowest BCUT2D eigenvalue weighted by atomic mass is 10.2. The van der Waals surface area contributed by atoms with E-state index in [9.17, 15) is 16.8 Å². The number of nitrogens with two attached hydrogens (primary N) is 1. The summed E-state index contributed by atoms with van der Waals surface area (Å²) in [4.78, 5) is 3.98. The van der Waals surface area contributed by atoms with Gasteiger partial charge in [-0.25, -0.2) is 22.0 Å². The second kappa shape index (κ2) is 16.1. The highest BCUT2D eigenvalue weighted by atomic mass is 32.2. The second-order valence-corrected chi connectivity index (χ2v) is 15.2. The van der Waals surface area contributed by atoms with E-state index in [2.05, 4.69) is 10.2 Å². The number of ether oxygens (including phenoxy) is 2. The summed E-state index contributed by atoms with van der Waals surface area (Å²) in [6.45, 7) is 4.38. The van der Waals surface area contributed by atoms with Crippen LogP contribution in [0.15, 0.2) is 70.7 Å². The smallest absolute Gasteiger partial charge is 0.263 e. The number of benzene rings is 2. The fourth-order valence-corrected chi connectivity index (χ4v) is 6.63. The van der Waals surface area contributed by atoms with Gasteiger partial charge < -0.3 is 19.3 Å². The van der Waals surface area contributed by atoms with Crippen LogP contribution < -0.4 is 14.6 Å². The SMILES string of the molecule is CC(c1cc(S(N)(=O)=O)nn1C)N(C)C.COc1ccc(CN(Cc2ccc(OC)cc2)S(=O)(=O)c2cc(C(C)N(C)C)n(C)n2)cc1. The van der Waals surface area contributed by atoms with Gasteiger partial charge in [-0.3, -0.25) is 9.36 Å². The molecule has 2 N–H and O–H groups in total. The molecule has 2 aromatic heterocycles. The van der Waals surface area contributed by atoms with Crippen LogP contribution >= 0.6 is 0 Å². The van der Waals surface area contributed by atoms with E-state index < -0.39 is 20.0 Å². The van der Waals surface area contributed by atoms with Gasteiger partial charge in [-0.1, -0.05) is 24.3 Å². The Balaban J connectivity index is 0.000000348. The first-order chi connectivity index (χ1) is 22.4. The highest BCUT2D eigenvalue weighted by Crippen LogP contribution is 2.26. The maximum atomic E-state index is 13.7. The maximum absolute atomic E-state index is 13.7. The van der Waals surface area contributed by atoms with Gasteiger partial charge in [-0.15, -0.1) is 0 Å². The number of methoxy groups -OCH3 is 2. The lowest BCUT2D eigenvalue weighted by Crippen LogP contribution is -2.30. The fraction of sp³-hybridized carbons (Fsp3) is 0.438. The van der Waals surface area contributed by atoms with E-state index in [1.54, 1.807) is 39.1 Å². The molecule has 0 bridgehead atoms. The van der Waals surface area contributed by atoms with E-state index in [4.69, 9.17) is 14.6 Å². The van der Waals surface area contributed by atoms with Gasteiger partial charge in [0.1, 0.15) is 11.5 Å². The average Bonchev–Trinajstić information content (AvgIpc) is 3.64. The molecule has 0 amide bonds. The highest BCUT2D eigenvalue weighted by molar-refractivity contribution is 7.89. The van der Waals surface area contributed by atoms with Crippen LogP contribution in [0.1, 0.15) is 48.4 Å². The minimum absolute atomic E-state index is 0.0167. The summed E-state index contributed by atoms with van der Waals surface area (Å²) >= 11 is 0. The van der Waals surface area contributed by atoms with Crippen molar-refractivity contribution in [3.8, 4) is 11.5 Å². The van der Waals surface area contributed by atoms with Crippen molar-refractivity contribution in [1.29, 1.82) is 0 Å². The Morgan fingerprint density at radius 3 is 1.35 bits per heavy atom. The number of rotatable bonds is 13. The number of sulfonamides is 2. The van der Waals surface area contributed by atoms with Gasteiger partial charge in [-0.2, -0.15) is 14.5 Å². The minimum atomic E-state index is -3.87. The molecule has 0 radical (unpaired) electrons. The van der Waals surface area contributed by atoms with Gasteiger partial charge in [0, 0.05) is 51.4 Å². The van der Waals surface area contributed by atoms with Crippen molar-refractivity contribution in [3.05, 3.63) is 83.2 Å². The molecule has 0 aliphatic heterocycles. The summed E-state index contributed by atoms with van der Waals surface area (Å²) in [7, 11) is 6.81. The molecule has 48 heavy (non-hydrogen) atoms. The molecule has 0 saturated carbocycles. The summed E-state index contributed by atoms with van der Waals surface area (Å²) in [5, 5.41) is 13.2. The van der Waals surface area contributed by atoms with Crippen LogP contribution in [0.4, 0.5) is 0 Å². The Hall–Kier alpha value is -3.80. The lowest BCUT2D eigenvalue weighted by molar-refractivity contribution is 0.307. The predicted molar refractivity (Wildman–Crippen MR) is 184 cm³/mol. The van der Waals surface area contributed by atoms with E-state index >= 15 is 0 Å². The monoisotopic (exact) mass is 704 g/mol. The molecule has 0 saturated heterocycles. The Bertz CT molecular complexity index is 1800. The first-order valence-electron chi connectivity index (χ1n) is 15.1. The van der Waals surface area contributed by atoms with Crippen molar-refractivity contribution in [2.24, 2.45) is 19.2 Å². The van der Waals surface area contributed by atoms with Gasteiger partial charge >= 0.3 is 0 Å². The van der Waals surface area contributed by atoms with Crippen molar-refractivity contribution in [1.82, 2.24) is 33.7 Å². The van der Waals surface area contributed by atoms with Gasteiger partial charge in [-0.05, 0) is 77.4 Å². The molecule has 2 heterocycles. The number of aromatic nitrogens is 4. The molecule has 2 atom stereocenters. The van der Waals surface area contributed by atoms with E-state index in [0.29, 0.717) is 0 Å². The molecule has 0 aliphatic carbocycles. The maximum Gasteiger partial charge on any atom is 0.263 e. The lowest BCUT2D eigenvalue weighted by Gasteiger charge is -2.22. The van der Waals surface area contributed by atoms with Crippen LogP contribution in [-0.4, -0.2) is 92.9 Å². The zero-order valence-corrected chi connectivity index (χ0v) is 30.9. The number of nitrogens with zero attached hydrogens (tertiary/aromatic N) is 7. The molecular formula is C32H48N8O6S2. The standard InChI is InChI=1S/C24H32N4O4S.C8H16N4O2S/c1-18(26(2)3)23-15-24(25-27(23)4)33(29,30)28(16-19-7-11-21(31-5)12-8-19)17-20-9-13-22(32-6)14-10-20;1-6(11(2)3)7-5-8(10-12(7)4)15(9,13)14/h7-15,18H,16-17H2,1-6H3;5-6H,1-4H3,(H2,9,13,14). The minimum Gasteiger partial charge on any atom is -0.497 e. The van der Waals surface area contributed by atoms with Crippen molar-refractivity contribution in [2.45, 2.75) is 49.1 Å². The highest BCUT2D eigenvalue weighted by Gasteiger charge is 2.30. The third-order valence-corrected chi connectivity index (χ3v) is 10.6. The molecule has 2 unspecified atom stereocenters. The Labute approximate surface area is 284 Å². The van der Waals surface area contributed by atoms with Crippen LogP contribution in [0, 0.1) is 0 Å². The normalized spacial score (nSPS) is 13.4. The summed E-state index contributed by atoms with van der Waals surface area (Å²) in [6, 6.07) is 18.0. The topological polar surface area (TPSA) is 158 Å². The molecule has 14 nitrogen and oxygen atoms in total. The zero-order chi connectivity index (χ0) is 36.0. The van der Waals surface area contributed by atoms with Gasteiger partial charge in [0.25, 0.3) is 20.0 Å². The Morgan fingerprint density at radius 2 is 1.04 bits per heavy atom. The number of primary sulfonamides is 1. The van der Waals surface area contributed by atoms with E-state index in [0.717, 1.165) is 34.0 Å². The molecular weight excluding hydrogens is 657 g/mol.